The van der Waals surface area contributed by atoms with E-state index in [2.05, 4.69) is 9.72 Å². The topological polar surface area (TPSA) is 39.2 Å². The van der Waals surface area contributed by atoms with Crippen molar-refractivity contribution in [3.8, 4) is 0 Å². The molecule has 0 aliphatic heterocycles. The maximum absolute atomic E-state index is 13.2. The van der Waals surface area contributed by atoms with Gasteiger partial charge in [0.25, 0.3) is 0 Å². The second-order valence-electron chi connectivity index (χ2n) is 2.70. The summed E-state index contributed by atoms with van der Waals surface area (Å²) < 4.78 is 30.6. The summed E-state index contributed by atoms with van der Waals surface area (Å²) in [5.74, 6) is -3.96. The molecule has 0 radical (unpaired) electrons. The Bertz CT molecular complexity index is 314. The normalized spacial score (nSPS) is 11.1. The second kappa shape index (κ2) is 4.13. The van der Waals surface area contributed by atoms with Gasteiger partial charge in [-0.2, -0.15) is 8.78 Å². The van der Waals surface area contributed by atoms with Crippen molar-refractivity contribution in [3.05, 3.63) is 30.1 Å². The average molecular weight is 201 g/mol. The number of alkyl halides is 2. The van der Waals surface area contributed by atoms with Crippen LogP contribution in [0.15, 0.2) is 24.4 Å². The van der Waals surface area contributed by atoms with Gasteiger partial charge in [0, 0.05) is 13.1 Å². The van der Waals surface area contributed by atoms with Crippen molar-refractivity contribution in [1.29, 1.82) is 0 Å². The molecule has 76 valence electrons. The van der Waals surface area contributed by atoms with Crippen molar-refractivity contribution in [2.75, 3.05) is 6.61 Å². The van der Waals surface area contributed by atoms with Gasteiger partial charge in [0.1, 0.15) is 5.69 Å². The SMILES string of the molecule is CC(=O)OCC(F)(F)c1ccccn1. The van der Waals surface area contributed by atoms with Crippen LogP contribution in [0.1, 0.15) is 12.6 Å². The summed E-state index contributed by atoms with van der Waals surface area (Å²) in [5.41, 5.74) is -0.402. The van der Waals surface area contributed by atoms with Gasteiger partial charge in [0.15, 0.2) is 6.61 Å². The number of nitrogens with zero attached hydrogens (tertiary/aromatic N) is 1. The number of pyridine rings is 1. The Morgan fingerprint density at radius 3 is 2.79 bits per heavy atom. The first-order valence-electron chi connectivity index (χ1n) is 3.95. The minimum absolute atomic E-state index is 0.402. The predicted molar refractivity (Wildman–Crippen MR) is 44.8 cm³/mol. The highest BCUT2D eigenvalue weighted by Gasteiger charge is 2.34. The van der Waals surface area contributed by atoms with Crippen molar-refractivity contribution in [2.24, 2.45) is 0 Å². The Balaban J connectivity index is 2.70. The van der Waals surface area contributed by atoms with Gasteiger partial charge < -0.3 is 4.74 Å². The summed E-state index contributed by atoms with van der Waals surface area (Å²) in [7, 11) is 0. The molecule has 0 unspecified atom stereocenters. The highest BCUT2D eigenvalue weighted by atomic mass is 19.3. The fourth-order valence-corrected chi connectivity index (χ4v) is 0.845. The Kier molecular flexibility index (Phi) is 3.11. The van der Waals surface area contributed by atoms with Crippen molar-refractivity contribution < 1.29 is 18.3 Å². The van der Waals surface area contributed by atoms with Gasteiger partial charge in [0.2, 0.25) is 0 Å². The molecule has 0 fully saturated rings. The lowest BCUT2D eigenvalue weighted by atomic mass is 10.2. The summed E-state index contributed by atoms with van der Waals surface area (Å²) in [6.45, 7) is 0.105. The number of esters is 1. The van der Waals surface area contributed by atoms with Gasteiger partial charge in [-0.15, -0.1) is 0 Å². The largest absolute Gasteiger partial charge is 0.459 e. The maximum atomic E-state index is 13.2. The Morgan fingerprint density at radius 1 is 1.57 bits per heavy atom. The number of hydrogen-bond acceptors (Lipinski definition) is 3. The molecule has 0 saturated heterocycles. The third-order valence-electron chi connectivity index (χ3n) is 1.50. The number of carbonyl (C=O) groups is 1. The van der Waals surface area contributed by atoms with Gasteiger partial charge >= 0.3 is 11.9 Å². The van der Waals surface area contributed by atoms with Crippen LogP contribution in [-0.2, 0) is 15.5 Å². The molecule has 5 heteroatoms. The van der Waals surface area contributed by atoms with E-state index in [1.54, 1.807) is 0 Å². The zero-order valence-corrected chi connectivity index (χ0v) is 7.54. The lowest BCUT2D eigenvalue weighted by Crippen LogP contribution is -2.23. The molecule has 0 spiro atoms. The standard InChI is InChI=1S/C9H9F2NO2/c1-7(13)14-6-9(10,11)8-4-2-3-5-12-8/h2-5H,6H2,1H3. The van der Waals surface area contributed by atoms with Gasteiger partial charge in [-0.3, -0.25) is 9.78 Å². The van der Waals surface area contributed by atoms with E-state index >= 15 is 0 Å². The van der Waals surface area contributed by atoms with Crippen LogP contribution in [0.4, 0.5) is 8.78 Å². The van der Waals surface area contributed by atoms with E-state index in [1.165, 1.54) is 24.4 Å². The van der Waals surface area contributed by atoms with Crippen LogP contribution in [0.2, 0.25) is 0 Å². The quantitative estimate of drug-likeness (QED) is 0.699. The Morgan fingerprint density at radius 2 is 2.29 bits per heavy atom. The van der Waals surface area contributed by atoms with E-state index in [9.17, 15) is 13.6 Å². The third-order valence-corrected chi connectivity index (χ3v) is 1.50. The molecular formula is C9H9F2NO2. The highest BCUT2D eigenvalue weighted by Crippen LogP contribution is 2.25. The number of carbonyl (C=O) groups excluding carboxylic acids is 1. The average Bonchev–Trinajstić information content (AvgIpc) is 2.16. The first-order valence-corrected chi connectivity index (χ1v) is 3.95. The molecule has 0 saturated carbocycles. The first-order chi connectivity index (χ1) is 6.52. The summed E-state index contributed by atoms with van der Waals surface area (Å²) in [6, 6.07) is 4.17. The van der Waals surface area contributed by atoms with E-state index in [0.29, 0.717) is 0 Å². The fourth-order valence-electron chi connectivity index (χ4n) is 0.845. The molecule has 0 aliphatic rings. The van der Waals surface area contributed by atoms with E-state index in [0.717, 1.165) is 6.92 Å². The van der Waals surface area contributed by atoms with E-state index in [1.807, 2.05) is 0 Å². The fraction of sp³-hybridized carbons (Fsp3) is 0.333. The number of ether oxygens (including phenoxy) is 1. The van der Waals surface area contributed by atoms with Crippen molar-refractivity contribution in [2.45, 2.75) is 12.8 Å². The lowest BCUT2D eigenvalue weighted by molar-refractivity contribution is -0.154. The van der Waals surface area contributed by atoms with Crippen LogP contribution in [0.3, 0.4) is 0 Å². The molecule has 0 aliphatic carbocycles. The molecule has 0 atom stereocenters. The van der Waals surface area contributed by atoms with E-state index in [4.69, 9.17) is 0 Å². The summed E-state index contributed by atoms with van der Waals surface area (Å²) in [6.07, 6.45) is 1.26. The van der Waals surface area contributed by atoms with Gasteiger partial charge in [-0.1, -0.05) is 6.07 Å². The van der Waals surface area contributed by atoms with Crippen molar-refractivity contribution >= 4 is 5.97 Å². The zero-order valence-electron chi connectivity index (χ0n) is 7.54. The number of rotatable bonds is 3. The molecule has 1 aromatic rings. The van der Waals surface area contributed by atoms with Crippen molar-refractivity contribution in [1.82, 2.24) is 4.98 Å². The second-order valence-corrected chi connectivity index (χ2v) is 2.70. The van der Waals surface area contributed by atoms with Gasteiger partial charge in [-0.25, -0.2) is 0 Å². The number of aromatic nitrogens is 1. The van der Waals surface area contributed by atoms with Gasteiger partial charge in [0.05, 0.1) is 0 Å². The smallest absolute Gasteiger partial charge is 0.322 e. The molecule has 1 rings (SSSR count). The molecule has 1 aromatic heterocycles. The van der Waals surface area contributed by atoms with Crippen LogP contribution >= 0.6 is 0 Å². The molecule has 0 bridgehead atoms. The third kappa shape index (κ3) is 2.76. The minimum atomic E-state index is -3.23. The van der Waals surface area contributed by atoms with Crippen molar-refractivity contribution in [3.63, 3.8) is 0 Å². The summed E-state index contributed by atoms with van der Waals surface area (Å²) in [5, 5.41) is 0. The van der Waals surface area contributed by atoms with Crippen LogP contribution < -0.4 is 0 Å². The predicted octanol–water partition coefficient (Wildman–Crippen LogP) is 1.74. The molecular weight excluding hydrogens is 192 g/mol. The first kappa shape index (κ1) is 10.6. The van der Waals surface area contributed by atoms with Crippen LogP contribution in [0.5, 0.6) is 0 Å². The van der Waals surface area contributed by atoms with E-state index in [-0.39, 0.29) is 0 Å². The monoisotopic (exact) mass is 201 g/mol. The highest BCUT2D eigenvalue weighted by molar-refractivity contribution is 5.65. The number of hydrogen-bond donors (Lipinski definition) is 0. The van der Waals surface area contributed by atoms with Crippen LogP contribution in [-0.4, -0.2) is 17.6 Å². The molecule has 3 nitrogen and oxygen atoms in total. The van der Waals surface area contributed by atoms with Crippen LogP contribution in [0, 0.1) is 0 Å². The lowest BCUT2D eigenvalue weighted by Gasteiger charge is -2.14. The molecule has 0 N–H and O–H groups in total. The van der Waals surface area contributed by atoms with E-state index < -0.39 is 24.2 Å². The molecule has 14 heavy (non-hydrogen) atoms. The molecule has 1 heterocycles. The summed E-state index contributed by atoms with van der Waals surface area (Å²) in [4.78, 5) is 13.8. The molecule has 0 aromatic carbocycles. The Labute approximate surface area is 79.7 Å². The summed E-state index contributed by atoms with van der Waals surface area (Å²) >= 11 is 0. The minimum Gasteiger partial charge on any atom is -0.459 e. The Hall–Kier alpha value is -1.52. The number of halogens is 2. The zero-order chi connectivity index (χ0) is 10.6. The maximum Gasteiger partial charge on any atom is 0.322 e. The van der Waals surface area contributed by atoms with Crippen LogP contribution in [0.25, 0.3) is 0 Å². The molecule has 0 amide bonds. The van der Waals surface area contributed by atoms with Gasteiger partial charge in [-0.05, 0) is 12.1 Å².